The first-order valence-corrected chi connectivity index (χ1v) is 8.65. The molecule has 2 aromatic rings. The van der Waals surface area contributed by atoms with Crippen LogP contribution in [0.5, 0.6) is 0 Å². The van der Waals surface area contributed by atoms with Gasteiger partial charge in [0.05, 0.1) is 10.6 Å². The van der Waals surface area contributed by atoms with Crippen LogP contribution in [0.2, 0.25) is 0 Å². The molecule has 1 aromatic carbocycles. The van der Waals surface area contributed by atoms with Gasteiger partial charge < -0.3 is 5.32 Å². The van der Waals surface area contributed by atoms with E-state index in [0.717, 1.165) is 0 Å². The quantitative estimate of drug-likeness (QED) is 0.887. The molecule has 1 aliphatic heterocycles. The number of fused-ring (bicyclic) bond motifs is 1. The number of thioether (sulfide) groups is 1. The molecule has 0 saturated carbocycles. The van der Waals surface area contributed by atoms with E-state index in [2.05, 4.69) is 15.5 Å². The van der Waals surface area contributed by atoms with Gasteiger partial charge >= 0.3 is 0 Å². The van der Waals surface area contributed by atoms with E-state index in [9.17, 15) is 14.4 Å². The van der Waals surface area contributed by atoms with Crippen LogP contribution in [0, 0.1) is 6.92 Å². The molecule has 1 N–H and O–H groups in total. The number of hydrogen-bond donors (Lipinski definition) is 1. The van der Waals surface area contributed by atoms with Gasteiger partial charge in [-0.3, -0.25) is 14.4 Å². The molecule has 8 nitrogen and oxygen atoms in total. The molecular formula is C17H17N5O3S. The third-order valence-corrected chi connectivity index (χ3v) is 4.81. The van der Waals surface area contributed by atoms with Crippen molar-refractivity contribution in [3.8, 4) is 0 Å². The van der Waals surface area contributed by atoms with E-state index in [1.165, 1.54) is 37.5 Å². The Morgan fingerprint density at radius 2 is 1.69 bits per heavy atom. The zero-order valence-electron chi connectivity index (χ0n) is 14.7. The number of amides is 2. The molecule has 9 heteroatoms. The van der Waals surface area contributed by atoms with E-state index in [4.69, 9.17) is 0 Å². The normalized spacial score (nSPS) is 13.5. The summed E-state index contributed by atoms with van der Waals surface area (Å²) >= 11 is 1.18. The molecule has 0 atom stereocenters. The Morgan fingerprint density at radius 3 is 2.23 bits per heavy atom. The summed E-state index contributed by atoms with van der Waals surface area (Å²) < 4.78 is 1.59. The Morgan fingerprint density at radius 1 is 1.04 bits per heavy atom. The van der Waals surface area contributed by atoms with Gasteiger partial charge in [0.2, 0.25) is 17.0 Å². The Labute approximate surface area is 154 Å². The minimum absolute atomic E-state index is 0.172. The highest BCUT2D eigenvalue weighted by Crippen LogP contribution is 2.39. The van der Waals surface area contributed by atoms with Crippen molar-refractivity contribution in [2.45, 2.75) is 32.9 Å². The standard InChI is InChI=1S/C17H17N5O3S/c1-9(23)16-15(13-5-7-14(8-6-13)18-11(3)24)22(12(4)25)21-10(2)19-20-17(21)26-16/h5-8H,1-4H3,(H,18,24). The summed E-state index contributed by atoms with van der Waals surface area (Å²) in [6.45, 7) is 6.03. The van der Waals surface area contributed by atoms with Crippen LogP contribution in [-0.4, -0.2) is 32.5 Å². The Bertz CT molecular complexity index is 946. The fourth-order valence-corrected chi connectivity index (χ4v) is 3.68. The molecule has 0 spiro atoms. The first kappa shape index (κ1) is 17.9. The SMILES string of the molecule is CC(=O)Nc1ccc(C2=C(C(C)=O)Sc3nnc(C)n3N2C(C)=O)cc1. The molecule has 0 aliphatic carbocycles. The molecule has 2 heterocycles. The molecule has 134 valence electrons. The number of allylic oxidation sites excluding steroid dienone is 1. The first-order chi connectivity index (χ1) is 12.3. The molecule has 0 saturated heterocycles. The second kappa shape index (κ2) is 6.75. The van der Waals surface area contributed by atoms with Crippen LogP contribution in [0.3, 0.4) is 0 Å². The second-order valence-electron chi connectivity index (χ2n) is 5.77. The summed E-state index contributed by atoms with van der Waals surface area (Å²) in [6.07, 6.45) is 0. The largest absolute Gasteiger partial charge is 0.326 e. The van der Waals surface area contributed by atoms with E-state index in [0.29, 0.717) is 32.8 Å². The minimum atomic E-state index is -0.269. The van der Waals surface area contributed by atoms with Gasteiger partial charge in [0.25, 0.3) is 0 Å². The molecule has 0 unspecified atom stereocenters. The van der Waals surface area contributed by atoms with Crippen LogP contribution >= 0.6 is 11.8 Å². The number of aromatic nitrogens is 3. The van der Waals surface area contributed by atoms with Gasteiger partial charge in [0, 0.05) is 25.1 Å². The molecule has 0 fully saturated rings. The third-order valence-electron chi connectivity index (χ3n) is 3.68. The summed E-state index contributed by atoms with van der Waals surface area (Å²) in [4.78, 5) is 36.3. The maximum atomic E-state index is 12.4. The summed E-state index contributed by atoms with van der Waals surface area (Å²) in [5.74, 6) is -0.0781. The van der Waals surface area contributed by atoms with E-state index >= 15 is 0 Å². The molecule has 0 radical (unpaired) electrons. The van der Waals surface area contributed by atoms with Gasteiger partial charge in [-0.1, -0.05) is 12.1 Å². The third kappa shape index (κ3) is 3.13. The fourth-order valence-electron chi connectivity index (χ4n) is 2.67. The van der Waals surface area contributed by atoms with Crippen molar-refractivity contribution in [1.82, 2.24) is 14.9 Å². The van der Waals surface area contributed by atoms with Crippen molar-refractivity contribution in [2.75, 3.05) is 10.3 Å². The zero-order valence-corrected chi connectivity index (χ0v) is 15.5. The minimum Gasteiger partial charge on any atom is -0.326 e. The number of rotatable bonds is 3. The summed E-state index contributed by atoms with van der Waals surface area (Å²) in [6, 6.07) is 6.95. The number of carbonyl (C=O) groups is 3. The lowest BCUT2D eigenvalue weighted by atomic mass is 10.1. The maximum absolute atomic E-state index is 12.4. The van der Waals surface area contributed by atoms with Crippen molar-refractivity contribution < 1.29 is 14.4 Å². The van der Waals surface area contributed by atoms with Crippen LogP contribution in [0.4, 0.5) is 5.69 Å². The molecule has 26 heavy (non-hydrogen) atoms. The highest BCUT2D eigenvalue weighted by atomic mass is 32.2. The van der Waals surface area contributed by atoms with E-state index in [-0.39, 0.29) is 17.6 Å². The van der Waals surface area contributed by atoms with E-state index in [1.807, 2.05) is 0 Å². The zero-order chi connectivity index (χ0) is 19.0. The lowest BCUT2D eigenvalue weighted by Crippen LogP contribution is -2.41. The lowest BCUT2D eigenvalue weighted by Gasteiger charge is -2.31. The van der Waals surface area contributed by atoms with Gasteiger partial charge in [-0.15, -0.1) is 10.2 Å². The maximum Gasteiger partial charge on any atom is 0.243 e. The number of Topliss-reactive ketones (excluding diaryl/α,β-unsaturated/α-hetero) is 1. The number of ketones is 1. The number of hydrogen-bond acceptors (Lipinski definition) is 6. The highest BCUT2D eigenvalue weighted by Gasteiger charge is 2.33. The van der Waals surface area contributed by atoms with E-state index in [1.54, 1.807) is 35.9 Å². The van der Waals surface area contributed by atoms with E-state index < -0.39 is 0 Å². The number of nitrogens with zero attached hydrogens (tertiary/aromatic N) is 4. The lowest BCUT2D eigenvalue weighted by molar-refractivity contribution is -0.117. The summed E-state index contributed by atoms with van der Waals surface area (Å²) in [5.41, 5.74) is 1.77. The van der Waals surface area contributed by atoms with Crippen LogP contribution in [-0.2, 0) is 14.4 Å². The monoisotopic (exact) mass is 371 g/mol. The topological polar surface area (TPSA) is 97.2 Å². The van der Waals surface area contributed by atoms with Gasteiger partial charge in [0.15, 0.2) is 11.6 Å². The Kier molecular flexibility index (Phi) is 4.64. The number of benzene rings is 1. The fraction of sp³-hybridized carbons (Fsp3) is 0.235. The van der Waals surface area contributed by atoms with Crippen molar-refractivity contribution in [2.24, 2.45) is 0 Å². The Hall–Kier alpha value is -2.94. The van der Waals surface area contributed by atoms with Gasteiger partial charge in [-0.25, -0.2) is 9.69 Å². The summed E-state index contributed by atoms with van der Waals surface area (Å²) in [5, 5.41) is 12.6. The van der Waals surface area contributed by atoms with Crippen LogP contribution in [0.1, 0.15) is 32.2 Å². The first-order valence-electron chi connectivity index (χ1n) is 7.83. The number of nitrogens with one attached hydrogen (secondary N) is 1. The predicted molar refractivity (Wildman–Crippen MR) is 97.9 cm³/mol. The molecular weight excluding hydrogens is 354 g/mol. The molecule has 2 amide bonds. The highest BCUT2D eigenvalue weighted by molar-refractivity contribution is 8.04. The number of carbonyl (C=O) groups excluding carboxylic acids is 3. The van der Waals surface area contributed by atoms with Crippen LogP contribution < -0.4 is 10.3 Å². The molecule has 3 rings (SSSR count). The van der Waals surface area contributed by atoms with Crippen molar-refractivity contribution in [1.29, 1.82) is 0 Å². The van der Waals surface area contributed by atoms with Crippen molar-refractivity contribution >= 4 is 40.7 Å². The average Bonchev–Trinajstić information content (AvgIpc) is 2.94. The smallest absolute Gasteiger partial charge is 0.243 e. The Balaban J connectivity index is 2.16. The summed E-state index contributed by atoms with van der Waals surface area (Å²) in [7, 11) is 0. The number of anilines is 1. The molecule has 1 aromatic heterocycles. The van der Waals surface area contributed by atoms with Crippen molar-refractivity contribution in [3.63, 3.8) is 0 Å². The predicted octanol–water partition coefficient (Wildman–Crippen LogP) is 2.09. The second-order valence-corrected chi connectivity index (χ2v) is 6.74. The van der Waals surface area contributed by atoms with Crippen LogP contribution in [0.15, 0.2) is 34.3 Å². The number of aryl methyl sites for hydroxylation is 1. The average molecular weight is 371 g/mol. The molecule has 0 bridgehead atoms. The van der Waals surface area contributed by atoms with Gasteiger partial charge in [0.1, 0.15) is 0 Å². The van der Waals surface area contributed by atoms with Gasteiger partial charge in [-0.2, -0.15) is 0 Å². The van der Waals surface area contributed by atoms with Crippen LogP contribution in [0.25, 0.3) is 5.70 Å². The van der Waals surface area contributed by atoms with Crippen molar-refractivity contribution in [3.05, 3.63) is 40.6 Å². The molecule has 1 aliphatic rings. The van der Waals surface area contributed by atoms with Gasteiger partial charge in [-0.05, 0) is 37.7 Å².